The minimum atomic E-state index is -0.968. The first-order chi connectivity index (χ1) is 9.65. The zero-order chi connectivity index (χ0) is 14.5. The SMILES string of the molecule is CNc1cccc(Nc2cccc(C(=O)O)c2)c1C=N. The molecule has 0 unspecified atom stereocenters. The minimum Gasteiger partial charge on any atom is -0.478 e. The molecule has 2 aromatic rings. The van der Waals surface area contributed by atoms with Gasteiger partial charge >= 0.3 is 5.97 Å². The highest BCUT2D eigenvalue weighted by atomic mass is 16.4. The summed E-state index contributed by atoms with van der Waals surface area (Å²) >= 11 is 0. The van der Waals surface area contributed by atoms with Gasteiger partial charge in [0.05, 0.1) is 5.56 Å². The molecule has 5 heteroatoms. The number of rotatable bonds is 5. The molecule has 0 atom stereocenters. The highest BCUT2D eigenvalue weighted by Gasteiger charge is 2.07. The lowest BCUT2D eigenvalue weighted by molar-refractivity contribution is 0.0697. The Morgan fingerprint density at radius 1 is 1.20 bits per heavy atom. The van der Waals surface area contributed by atoms with Gasteiger partial charge in [-0.25, -0.2) is 4.79 Å². The predicted molar refractivity (Wildman–Crippen MR) is 80.6 cm³/mol. The third kappa shape index (κ3) is 2.77. The second-order valence-electron chi connectivity index (χ2n) is 4.17. The van der Waals surface area contributed by atoms with Crippen molar-refractivity contribution in [1.82, 2.24) is 0 Å². The molecule has 0 saturated carbocycles. The van der Waals surface area contributed by atoms with Gasteiger partial charge < -0.3 is 21.1 Å². The van der Waals surface area contributed by atoms with E-state index in [9.17, 15) is 4.79 Å². The summed E-state index contributed by atoms with van der Waals surface area (Å²) in [5.41, 5.74) is 3.18. The van der Waals surface area contributed by atoms with Crippen LogP contribution in [-0.2, 0) is 0 Å². The molecule has 0 aromatic heterocycles. The fourth-order valence-corrected chi connectivity index (χ4v) is 1.93. The van der Waals surface area contributed by atoms with Crippen LogP contribution in [-0.4, -0.2) is 24.3 Å². The highest BCUT2D eigenvalue weighted by molar-refractivity contribution is 5.95. The number of benzene rings is 2. The van der Waals surface area contributed by atoms with Gasteiger partial charge in [-0.1, -0.05) is 12.1 Å². The normalized spacial score (nSPS) is 9.85. The summed E-state index contributed by atoms with van der Waals surface area (Å²) in [5.74, 6) is -0.968. The van der Waals surface area contributed by atoms with E-state index < -0.39 is 5.97 Å². The van der Waals surface area contributed by atoms with E-state index in [0.717, 1.165) is 16.9 Å². The molecule has 2 aromatic carbocycles. The Morgan fingerprint density at radius 3 is 2.55 bits per heavy atom. The molecule has 20 heavy (non-hydrogen) atoms. The van der Waals surface area contributed by atoms with Crippen molar-refractivity contribution < 1.29 is 9.90 Å². The molecular weight excluding hydrogens is 254 g/mol. The van der Waals surface area contributed by atoms with Crippen LogP contribution in [0.25, 0.3) is 0 Å². The minimum absolute atomic E-state index is 0.219. The van der Waals surface area contributed by atoms with Gasteiger partial charge in [0.25, 0.3) is 0 Å². The maximum absolute atomic E-state index is 11.0. The summed E-state index contributed by atoms with van der Waals surface area (Å²) in [5, 5.41) is 22.6. The molecule has 0 fully saturated rings. The molecule has 0 aliphatic carbocycles. The number of carbonyl (C=O) groups is 1. The quantitative estimate of drug-likeness (QED) is 0.628. The van der Waals surface area contributed by atoms with E-state index in [2.05, 4.69) is 10.6 Å². The average Bonchev–Trinajstić information content (AvgIpc) is 2.47. The van der Waals surface area contributed by atoms with E-state index in [1.165, 1.54) is 12.3 Å². The zero-order valence-corrected chi connectivity index (χ0v) is 11.0. The lowest BCUT2D eigenvalue weighted by Gasteiger charge is -2.13. The molecule has 0 heterocycles. The van der Waals surface area contributed by atoms with Gasteiger partial charge in [0.1, 0.15) is 0 Å². The van der Waals surface area contributed by atoms with Crippen LogP contribution in [0, 0.1) is 5.41 Å². The average molecular weight is 269 g/mol. The summed E-state index contributed by atoms with van der Waals surface area (Å²) in [6, 6.07) is 12.1. The van der Waals surface area contributed by atoms with Gasteiger partial charge in [0, 0.05) is 35.9 Å². The molecule has 5 nitrogen and oxygen atoms in total. The first-order valence-corrected chi connectivity index (χ1v) is 6.07. The summed E-state index contributed by atoms with van der Waals surface area (Å²) in [6.45, 7) is 0. The molecule has 0 spiro atoms. The van der Waals surface area contributed by atoms with Crippen molar-refractivity contribution in [3.8, 4) is 0 Å². The maximum Gasteiger partial charge on any atom is 0.335 e. The van der Waals surface area contributed by atoms with Gasteiger partial charge in [-0.05, 0) is 30.3 Å². The third-order valence-corrected chi connectivity index (χ3v) is 2.91. The van der Waals surface area contributed by atoms with Crippen LogP contribution in [0.15, 0.2) is 42.5 Å². The maximum atomic E-state index is 11.0. The van der Waals surface area contributed by atoms with Gasteiger partial charge in [0.15, 0.2) is 0 Å². The monoisotopic (exact) mass is 269 g/mol. The summed E-state index contributed by atoms with van der Waals surface area (Å²) in [7, 11) is 1.79. The fraction of sp³-hybridized carbons (Fsp3) is 0.0667. The lowest BCUT2D eigenvalue weighted by atomic mass is 10.1. The van der Waals surface area contributed by atoms with Gasteiger partial charge in [-0.2, -0.15) is 0 Å². The Bertz CT molecular complexity index is 653. The zero-order valence-electron chi connectivity index (χ0n) is 11.0. The Morgan fingerprint density at radius 2 is 1.90 bits per heavy atom. The van der Waals surface area contributed by atoms with Crippen LogP contribution in [0.5, 0.6) is 0 Å². The fourth-order valence-electron chi connectivity index (χ4n) is 1.93. The Labute approximate surface area is 116 Å². The Hall–Kier alpha value is -2.82. The van der Waals surface area contributed by atoms with E-state index in [1.807, 2.05) is 18.2 Å². The molecular formula is C15H15N3O2. The van der Waals surface area contributed by atoms with E-state index in [4.69, 9.17) is 10.5 Å². The highest BCUT2D eigenvalue weighted by Crippen LogP contribution is 2.26. The van der Waals surface area contributed by atoms with Crippen LogP contribution in [0.3, 0.4) is 0 Å². The Balaban J connectivity index is 2.37. The number of hydrogen-bond acceptors (Lipinski definition) is 4. The standard InChI is InChI=1S/C15H15N3O2/c1-17-13-6-3-7-14(12(13)9-16)18-11-5-2-4-10(8-11)15(19)20/h2-9,16-18H,1H3,(H,19,20). The molecule has 0 aliphatic heterocycles. The van der Waals surface area contributed by atoms with Crippen molar-refractivity contribution in [2.45, 2.75) is 0 Å². The van der Waals surface area contributed by atoms with E-state index in [1.54, 1.807) is 25.2 Å². The van der Waals surface area contributed by atoms with Crippen LogP contribution < -0.4 is 10.6 Å². The van der Waals surface area contributed by atoms with Crippen molar-refractivity contribution in [3.05, 3.63) is 53.6 Å². The molecule has 0 bridgehead atoms. The van der Waals surface area contributed by atoms with Crippen molar-refractivity contribution >= 4 is 29.2 Å². The number of hydrogen-bond donors (Lipinski definition) is 4. The van der Waals surface area contributed by atoms with Crippen molar-refractivity contribution in [2.24, 2.45) is 0 Å². The van der Waals surface area contributed by atoms with E-state index >= 15 is 0 Å². The number of nitrogens with one attached hydrogen (secondary N) is 3. The second-order valence-corrected chi connectivity index (χ2v) is 4.17. The molecule has 102 valence electrons. The molecule has 0 aliphatic rings. The Kier molecular flexibility index (Phi) is 4.00. The molecule has 0 radical (unpaired) electrons. The van der Waals surface area contributed by atoms with Crippen LogP contribution in [0.2, 0.25) is 0 Å². The largest absolute Gasteiger partial charge is 0.478 e. The third-order valence-electron chi connectivity index (χ3n) is 2.91. The predicted octanol–water partition coefficient (Wildman–Crippen LogP) is 3.17. The van der Waals surface area contributed by atoms with E-state index in [-0.39, 0.29) is 5.56 Å². The summed E-state index contributed by atoms with van der Waals surface area (Å²) < 4.78 is 0. The van der Waals surface area contributed by atoms with Gasteiger partial charge in [-0.3, -0.25) is 0 Å². The first kappa shape index (κ1) is 13.6. The number of aromatic carboxylic acids is 1. The van der Waals surface area contributed by atoms with Crippen LogP contribution in [0.4, 0.5) is 17.1 Å². The molecule has 4 N–H and O–H groups in total. The van der Waals surface area contributed by atoms with Gasteiger partial charge in [-0.15, -0.1) is 0 Å². The second kappa shape index (κ2) is 5.88. The lowest BCUT2D eigenvalue weighted by Crippen LogP contribution is -2.01. The van der Waals surface area contributed by atoms with Crippen molar-refractivity contribution in [3.63, 3.8) is 0 Å². The van der Waals surface area contributed by atoms with Crippen molar-refractivity contribution in [1.29, 1.82) is 5.41 Å². The van der Waals surface area contributed by atoms with E-state index in [0.29, 0.717) is 5.69 Å². The summed E-state index contributed by atoms with van der Waals surface area (Å²) in [6.07, 6.45) is 1.26. The smallest absolute Gasteiger partial charge is 0.335 e. The topological polar surface area (TPSA) is 85.2 Å². The summed E-state index contributed by atoms with van der Waals surface area (Å²) in [4.78, 5) is 11.0. The number of carboxylic acids is 1. The number of anilines is 3. The van der Waals surface area contributed by atoms with Crippen LogP contribution >= 0.6 is 0 Å². The van der Waals surface area contributed by atoms with Crippen molar-refractivity contribution in [2.75, 3.05) is 17.7 Å². The first-order valence-electron chi connectivity index (χ1n) is 6.07. The molecule has 0 amide bonds. The van der Waals surface area contributed by atoms with Gasteiger partial charge in [0.2, 0.25) is 0 Å². The van der Waals surface area contributed by atoms with Crippen LogP contribution in [0.1, 0.15) is 15.9 Å². The molecule has 2 rings (SSSR count). The molecule has 0 saturated heterocycles. The number of carboxylic acid groups (broad SMARTS) is 1.